The smallest absolute Gasteiger partial charge is 0.248 e. The number of primary amides is 1. The molecule has 0 unspecified atom stereocenters. The van der Waals surface area contributed by atoms with Gasteiger partial charge >= 0.3 is 0 Å². The lowest BCUT2D eigenvalue weighted by Crippen LogP contribution is -2.12. The highest BCUT2D eigenvalue weighted by Crippen LogP contribution is 2.19. The zero-order chi connectivity index (χ0) is 16.9. The lowest BCUT2D eigenvalue weighted by atomic mass is 10.0. The number of carbonyl (C=O) groups is 2. The zero-order valence-electron chi connectivity index (χ0n) is 12.9. The van der Waals surface area contributed by atoms with Crippen LogP contribution in [0.5, 0.6) is 0 Å². The van der Waals surface area contributed by atoms with Crippen molar-refractivity contribution in [2.45, 2.75) is 0 Å². The van der Waals surface area contributed by atoms with Crippen LogP contribution in [0.2, 0.25) is 0 Å². The standard InChI is InChI=1S/C20H16N2O2/c21-20(24)16-8-4-9-17(13-16)22-19(23)12-11-15-7-3-6-14-5-1-2-10-18(14)15/h1-13H,(H2,21,24)(H,22,23)/b12-11+. The predicted octanol–water partition coefficient (Wildman–Crippen LogP) is 3.59. The van der Waals surface area contributed by atoms with E-state index in [0.717, 1.165) is 16.3 Å². The van der Waals surface area contributed by atoms with Crippen molar-refractivity contribution in [3.63, 3.8) is 0 Å². The van der Waals surface area contributed by atoms with Crippen molar-refractivity contribution < 1.29 is 9.59 Å². The predicted molar refractivity (Wildman–Crippen MR) is 96.6 cm³/mol. The Morgan fingerprint density at radius 3 is 2.50 bits per heavy atom. The molecule has 3 aromatic carbocycles. The summed E-state index contributed by atoms with van der Waals surface area (Å²) in [5, 5.41) is 4.92. The Kier molecular flexibility index (Phi) is 4.38. The Labute approximate surface area is 139 Å². The molecule has 4 nitrogen and oxygen atoms in total. The average Bonchev–Trinajstić information content (AvgIpc) is 2.60. The highest BCUT2D eigenvalue weighted by molar-refractivity contribution is 6.04. The molecule has 118 valence electrons. The maximum absolute atomic E-state index is 12.1. The van der Waals surface area contributed by atoms with Crippen molar-refractivity contribution in [2.75, 3.05) is 5.32 Å². The first-order chi connectivity index (χ1) is 11.6. The van der Waals surface area contributed by atoms with Crippen molar-refractivity contribution in [2.24, 2.45) is 5.73 Å². The third-order valence-electron chi connectivity index (χ3n) is 3.65. The first kappa shape index (κ1) is 15.5. The van der Waals surface area contributed by atoms with Gasteiger partial charge in [-0.2, -0.15) is 0 Å². The summed E-state index contributed by atoms with van der Waals surface area (Å²) in [4.78, 5) is 23.3. The molecule has 0 heterocycles. The molecular weight excluding hydrogens is 300 g/mol. The van der Waals surface area contributed by atoms with Crippen LogP contribution in [0.1, 0.15) is 15.9 Å². The average molecular weight is 316 g/mol. The Hall–Kier alpha value is -3.40. The van der Waals surface area contributed by atoms with Crippen molar-refractivity contribution in [3.8, 4) is 0 Å². The summed E-state index contributed by atoms with van der Waals surface area (Å²) in [6.07, 6.45) is 3.24. The summed E-state index contributed by atoms with van der Waals surface area (Å²) in [7, 11) is 0. The Morgan fingerprint density at radius 1 is 0.917 bits per heavy atom. The van der Waals surface area contributed by atoms with Crippen LogP contribution in [0.4, 0.5) is 5.69 Å². The fraction of sp³-hybridized carbons (Fsp3) is 0. The topological polar surface area (TPSA) is 72.2 Å². The number of hydrogen-bond acceptors (Lipinski definition) is 2. The van der Waals surface area contributed by atoms with E-state index >= 15 is 0 Å². The molecule has 0 aromatic heterocycles. The Balaban J connectivity index is 1.78. The van der Waals surface area contributed by atoms with Crippen LogP contribution in [0, 0.1) is 0 Å². The molecule has 0 aliphatic rings. The van der Waals surface area contributed by atoms with Crippen LogP contribution >= 0.6 is 0 Å². The number of nitrogens with one attached hydrogen (secondary N) is 1. The van der Waals surface area contributed by atoms with Gasteiger partial charge in [0.2, 0.25) is 11.8 Å². The molecule has 2 amide bonds. The summed E-state index contributed by atoms with van der Waals surface area (Å²) >= 11 is 0. The van der Waals surface area contributed by atoms with Gasteiger partial charge in [-0.05, 0) is 40.6 Å². The van der Waals surface area contributed by atoms with Crippen molar-refractivity contribution in [1.29, 1.82) is 0 Å². The molecule has 0 saturated heterocycles. The van der Waals surface area contributed by atoms with Gasteiger partial charge < -0.3 is 11.1 Å². The van der Waals surface area contributed by atoms with E-state index in [1.165, 1.54) is 6.08 Å². The molecule has 24 heavy (non-hydrogen) atoms. The number of rotatable bonds is 4. The van der Waals surface area contributed by atoms with Crippen LogP contribution < -0.4 is 11.1 Å². The summed E-state index contributed by atoms with van der Waals surface area (Å²) in [6.45, 7) is 0. The second-order valence-electron chi connectivity index (χ2n) is 5.34. The van der Waals surface area contributed by atoms with Crippen molar-refractivity contribution in [3.05, 3.63) is 83.9 Å². The summed E-state index contributed by atoms with van der Waals surface area (Å²) in [5.41, 5.74) is 7.08. The molecule has 3 aromatic rings. The fourth-order valence-corrected chi connectivity index (χ4v) is 2.50. The van der Waals surface area contributed by atoms with Gasteiger partial charge in [-0.25, -0.2) is 0 Å². The normalized spacial score (nSPS) is 10.8. The Bertz CT molecular complexity index is 940. The van der Waals surface area contributed by atoms with E-state index in [9.17, 15) is 9.59 Å². The first-order valence-electron chi connectivity index (χ1n) is 7.50. The summed E-state index contributed by atoms with van der Waals surface area (Å²) in [5.74, 6) is -0.804. The number of amides is 2. The molecule has 0 spiro atoms. The largest absolute Gasteiger partial charge is 0.366 e. The van der Waals surface area contributed by atoms with Gasteiger partial charge in [-0.1, -0.05) is 48.5 Å². The molecular formula is C20H16N2O2. The van der Waals surface area contributed by atoms with Crippen LogP contribution in [-0.2, 0) is 4.79 Å². The molecule has 3 N–H and O–H groups in total. The molecule has 0 aliphatic heterocycles. The van der Waals surface area contributed by atoms with E-state index in [4.69, 9.17) is 5.73 Å². The van der Waals surface area contributed by atoms with Crippen LogP contribution in [0.25, 0.3) is 16.8 Å². The SMILES string of the molecule is NC(=O)c1cccc(NC(=O)/C=C/c2cccc3ccccc23)c1. The van der Waals surface area contributed by atoms with E-state index < -0.39 is 5.91 Å². The lowest BCUT2D eigenvalue weighted by molar-refractivity contribution is -0.111. The molecule has 0 saturated carbocycles. The second kappa shape index (κ2) is 6.79. The molecule has 0 radical (unpaired) electrons. The van der Waals surface area contributed by atoms with E-state index in [1.54, 1.807) is 30.3 Å². The van der Waals surface area contributed by atoms with Gasteiger partial charge in [0, 0.05) is 17.3 Å². The van der Waals surface area contributed by atoms with E-state index in [0.29, 0.717) is 11.3 Å². The zero-order valence-corrected chi connectivity index (χ0v) is 12.9. The van der Waals surface area contributed by atoms with E-state index in [1.807, 2.05) is 42.5 Å². The van der Waals surface area contributed by atoms with Gasteiger partial charge in [0.05, 0.1) is 0 Å². The monoisotopic (exact) mass is 316 g/mol. The van der Waals surface area contributed by atoms with Gasteiger partial charge in [0.1, 0.15) is 0 Å². The van der Waals surface area contributed by atoms with Crippen LogP contribution in [-0.4, -0.2) is 11.8 Å². The molecule has 0 aliphatic carbocycles. The summed E-state index contributed by atoms with van der Waals surface area (Å²) < 4.78 is 0. The second-order valence-corrected chi connectivity index (χ2v) is 5.34. The number of benzene rings is 3. The molecule has 0 atom stereocenters. The van der Waals surface area contributed by atoms with Gasteiger partial charge in [-0.3, -0.25) is 9.59 Å². The minimum absolute atomic E-state index is 0.274. The van der Waals surface area contributed by atoms with E-state index in [-0.39, 0.29) is 5.91 Å². The van der Waals surface area contributed by atoms with Crippen molar-refractivity contribution >= 4 is 34.4 Å². The highest BCUT2D eigenvalue weighted by atomic mass is 16.1. The Morgan fingerprint density at radius 2 is 1.67 bits per heavy atom. The van der Waals surface area contributed by atoms with Gasteiger partial charge in [0.15, 0.2) is 0 Å². The fourth-order valence-electron chi connectivity index (χ4n) is 2.50. The van der Waals surface area contributed by atoms with Crippen LogP contribution in [0.15, 0.2) is 72.8 Å². The molecule has 4 heteroatoms. The highest BCUT2D eigenvalue weighted by Gasteiger charge is 2.03. The quantitative estimate of drug-likeness (QED) is 0.722. The third kappa shape index (κ3) is 3.50. The number of nitrogens with two attached hydrogens (primary N) is 1. The minimum atomic E-state index is -0.530. The van der Waals surface area contributed by atoms with Gasteiger partial charge in [-0.15, -0.1) is 0 Å². The van der Waals surface area contributed by atoms with Crippen molar-refractivity contribution in [1.82, 2.24) is 0 Å². The number of anilines is 1. The number of hydrogen-bond donors (Lipinski definition) is 2. The minimum Gasteiger partial charge on any atom is -0.366 e. The number of carbonyl (C=O) groups excluding carboxylic acids is 2. The third-order valence-corrected chi connectivity index (χ3v) is 3.65. The van der Waals surface area contributed by atoms with Gasteiger partial charge in [0.25, 0.3) is 0 Å². The maximum Gasteiger partial charge on any atom is 0.248 e. The first-order valence-corrected chi connectivity index (χ1v) is 7.50. The molecule has 0 fully saturated rings. The number of fused-ring (bicyclic) bond motifs is 1. The van der Waals surface area contributed by atoms with E-state index in [2.05, 4.69) is 5.32 Å². The lowest BCUT2D eigenvalue weighted by Gasteiger charge is -2.04. The molecule has 3 rings (SSSR count). The van der Waals surface area contributed by atoms with Crippen LogP contribution in [0.3, 0.4) is 0 Å². The maximum atomic E-state index is 12.1. The molecule has 0 bridgehead atoms. The summed E-state index contributed by atoms with van der Waals surface area (Å²) in [6, 6.07) is 20.5.